The Hall–Kier alpha value is -1.60. The van der Waals surface area contributed by atoms with Crippen molar-refractivity contribution in [1.29, 1.82) is 0 Å². The summed E-state index contributed by atoms with van der Waals surface area (Å²) in [6.07, 6.45) is 1.39. The van der Waals surface area contributed by atoms with Crippen molar-refractivity contribution in [3.8, 4) is 0 Å². The number of anilines is 1. The summed E-state index contributed by atoms with van der Waals surface area (Å²) < 4.78 is 1.60. The zero-order valence-corrected chi connectivity index (χ0v) is 10.4. The molecular formula is C11H18N4O3. The van der Waals surface area contributed by atoms with Crippen LogP contribution in [0.25, 0.3) is 0 Å². The summed E-state index contributed by atoms with van der Waals surface area (Å²) in [6.45, 7) is 3.98. The van der Waals surface area contributed by atoms with E-state index in [4.69, 9.17) is 10.2 Å². The Labute approximate surface area is 105 Å². The minimum absolute atomic E-state index is 0.159. The maximum Gasteiger partial charge on any atom is 0.341 e. The van der Waals surface area contributed by atoms with Crippen molar-refractivity contribution in [3.05, 3.63) is 11.8 Å². The molecule has 2 N–H and O–H groups in total. The van der Waals surface area contributed by atoms with Gasteiger partial charge in [-0.2, -0.15) is 5.10 Å². The molecule has 2 rings (SSSR count). The van der Waals surface area contributed by atoms with E-state index in [2.05, 4.69) is 10.00 Å². The summed E-state index contributed by atoms with van der Waals surface area (Å²) in [6, 6.07) is 0. The van der Waals surface area contributed by atoms with Gasteiger partial charge in [-0.05, 0) is 0 Å². The molecule has 7 heteroatoms. The van der Waals surface area contributed by atoms with E-state index in [0.29, 0.717) is 12.4 Å². The molecule has 1 saturated heterocycles. The van der Waals surface area contributed by atoms with Crippen LogP contribution in [0.15, 0.2) is 6.20 Å². The van der Waals surface area contributed by atoms with Crippen molar-refractivity contribution in [2.24, 2.45) is 7.05 Å². The van der Waals surface area contributed by atoms with Crippen molar-refractivity contribution >= 4 is 11.8 Å². The van der Waals surface area contributed by atoms with Crippen LogP contribution in [-0.4, -0.2) is 70.2 Å². The molecule has 1 fully saturated rings. The molecule has 0 aromatic carbocycles. The number of rotatable bonds is 4. The number of carbonyl (C=O) groups is 1. The topological polar surface area (TPSA) is 81.8 Å². The van der Waals surface area contributed by atoms with Gasteiger partial charge in [-0.1, -0.05) is 0 Å². The lowest BCUT2D eigenvalue weighted by Crippen LogP contribution is -2.48. The van der Waals surface area contributed by atoms with Gasteiger partial charge in [0.05, 0.1) is 12.8 Å². The Bertz CT molecular complexity index is 424. The summed E-state index contributed by atoms with van der Waals surface area (Å²) in [5, 5.41) is 22.0. The lowest BCUT2D eigenvalue weighted by molar-refractivity contribution is 0.0697. The van der Waals surface area contributed by atoms with Crippen molar-refractivity contribution in [2.45, 2.75) is 0 Å². The summed E-state index contributed by atoms with van der Waals surface area (Å²) in [5.41, 5.74) is 0.244. The first-order chi connectivity index (χ1) is 8.63. The Morgan fingerprint density at radius 1 is 1.39 bits per heavy atom. The van der Waals surface area contributed by atoms with Crippen LogP contribution in [0.2, 0.25) is 0 Å². The third-order valence-electron chi connectivity index (χ3n) is 3.23. The number of aliphatic hydroxyl groups is 1. The number of hydrogen-bond acceptors (Lipinski definition) is 5. The van der Waals surface area contributed by atoms with E-state index in [1.807, 2.05) is 4.90 Å². The summed E-state index contributed by atoms with van der Waals surface area (Å²) in [4.78, 5) is 15.3. The van der Waals surface area contributed by atoms with Gasteiger partial charge >= 0.3 is 5.97 Å². The fourth-order valence-corrected chi connectivity index (χ4v) is 2.28. The lowest BCUT2D eigenvalue weighted by Gasteiger charge is -2.35. The average molecular weight is 254 g/mol. The molecule has 1 aliphatic rings. The second-order valence-electron chi connectivity index (χ2n) is 4.36. The minimum Gasteiger partial charge on any atom is -0.477 e. The van der Waals surface area contributed by atoms with E-state index in [9.17, 15) is 4.79 Å². The van der Waals surface area contributed by atoms with E-state index in [1.54, 1.807) is 11.7 Å². The monoisotopic (exact) mass is 254 g/mol. The number of β-amino-alcohol motifs (C(OH)–C–C–N with tert-alkyl or cyclic N) is 1. The Balaban J connectivity index is 2.09. The van der Waals surface area contributed by atoms with Gasteiger partial charge in [0.25, 0.3) is 0 Å². The number of piperazine rings is 1. The third-order valence-corrected chi connectivity index (χ3v) is 3.23. The molecule has 100 valence electrons. The molecule has 0 bridgehead atoms. The normalized spacial score (nSPS) is 17.1. The van der Waals surface area contributed by atoms with E-state index < -0.39 is 5.97 Å². The van der Waals surface area contributed by atoms with Gasteiger partial charge in [-0.15, -0.1) is 0 Å². The average Bonchev–Trinajstić information content (AvgIpc) is 2.73. The predicted octanol–water partition coefficient (Wildman–Crippen LogP) is -0.767. The third kappa shape index (κ3) is 2.46. The van der Waals surface area contributed by atoms with Crippen LogP contribution in [0.4, 0.5) is 5.82 Å². The largest absolute Gasteiger partial charge is 0.477 e. The number of aliphatic hydroxyl groups excluding tert-OH is 1. The van der Waals surface area contributed by atoms with Crippen LogP contribution < -0.4 is 4.90 Å². The number of nitrogens with zero attached hydrogens (tertiary/aromatic N) is 4. The second-order valence-corrected chi connectivity index (χ2v) is 4.36. The highest BCUT2D eigenvalue weighted by Crippen LogP contribution is 2.21. The molecule has 0 amide bonds. The fourth-order valence-electron chi connectivity index (χ4n) is 2.28. The van der Waals surface area contributed by atoms with Crippen LogP contribution >= 0.6 is 0 Å². The number of aryl methyl sites for hydroxylation is 1. The molecule has 18 heavy (non-hydrogen) atoms. The number of hydrogen-bond donors (Lipinski definition) is 2. The molecule has 0 unspecified atom stereocenters. The zero-order valence-electron chi connectivity index (χ0n) is 10.4. The van der Waals surface area contributed by atoms with Gasteiger partial charge < -0.3 is 15.1 Å². The standard InChI is InChI=1S/C11H18N4O3/c1-13-10(9(8-12-13)11(17)18)15-4-2-14(3-5-15)6-7-16/h8,16H,2-7H2,1H3,(H,17,18). The van der Waals surface area contributed by atoms with Gasteiger partial charge in [-0.25, -0.2) is 4.79 Å². The molecule has 1 aliphatic heterocycles. The van der Waals surface area contributed by atoms with Crippen molar-refractivity contribution in [2.75, 3.05) is 44.2 Å². The molecule has 1 aromatic heterocycles. The van der Waals surface area contributed by atoms with Crippen LogP contribution in [0, 0.1) is 0 Å². The summed E-state index contributed by atoms with van der Waals surface area (Å²) in [7, 11) is 1.75. The molecule has 2 heterocycles. The molecule has 1 aromatic rings. The first-order valence-electron chi connectivity index (χ1n) is 5.97. The Morgan fingerprint density at radius 2 is 2.06 bits per heavy atom. The van der Waals surface area contributed by atoms with Crippen LogP contribution in [0.3, 0.4) is 0 Å². The van der Waals surface area contributed by atoms with Gasteiger partial charge in [0.1, 0.15) is 11.4 Å². The van der Waals surface area contributed by atoms with Crippen molar-refractivity contribution < 1.29 is 15.0 Å². The number of carboxylic acid groups (broad SMARTS) is 1. The van der Waals surface area contributed by atoms with E-state index >= 15 is 0 Å². The number of aromatic nitrogens is 2. The van der Waals surface area contributed by atoms with E-state index in [0.717, 1.165) is 26.2 Å². The molecule has 0 radical (unpaired) electrons. The van der Waals surface area contributed by atoms with Gasteiger partial charge in [-0.3, -0.25) is 9.58 Å². The number of carboxylic acids is 1. The van der Waals surface area contributed by atoms with Crippen LogP contribution in [0.1, 0.15) is 10.4 Å². The molecule has 0 saturated carbocycles. The summed E-state index contributed by atoms with van der Waals surface area (Å²) in [5.74, 6) is -0.290. The first-order valence-corrected chi connectivity index (χ1v) is 5.97. The molecule has 0 aliphatic carbocycles. The highest BCUT2D eigenvalue weighted by Gasteiger charge is 2.24. The SMILES string of the molecule is Cn1ncc(C(=O)O)c1N1CCN(CCO)CC1. The maximum atomic E-state index is 11.1. The minimum atomic E-state index is -0.948. The molecule has 0 atom stereocenters. The van der Waals surface area contributed by atoms with E-state index in [1.165, 1.54) is 6.20 Å². The molecule has 0 spiro atoms. The maximum absolute atomic E-state index is 11.1. The van der Waals surface area contributed by atoms with Gasteiger partial charge in [0, 0.05) is 39.8 Å². The van der Waals surface area contributed by atoms with Gasteiger partial charge in [0.15, 0.2) is 0 Å². The highest BCUT2D eigenvalue weighted by molar-refractivity contribution is 5.93. The Morgan fingerprint density at radius 3 is 2.61 bits per heavy atom. The smallest absolute Gasteiger partial charge is 0.341 e. The lowest BCUT2D eigenvalue weighted by atomic mass is 10.2. The fraction of sp³-hybridized carbons (Fsp3) is 0.636. The number of aromatic carboxylic acids is 1. The highest BCUT2D eigenvalue weighted by atomic mass is 16.4. The predicted molar refractivity (Wildman–Crippen MR) is 65.9 cm³/mol. The summed E-state index contributed by atoms with van der Waals surface area (Å²) >= 11 is 0. The first kappa shape index (κ1) is 12.8. The quantitative estimate of drug-likeness (QED) is 0.734. The van der Waals surface area contributed by atoms with Crippen LogP contribution in [0.5, 0.6) is 0 Å². The van der Waals surface area contributed by atoms with E-state index in [-0.39, 0.29) is 12.2 Å². The second kappa shape index (κ2) is 5.36. The van der Waals surface area contributed by atoms with Crippen molar-refractivity contribution in [1.82, 2.24) is 14.7 Å². The van der Waals surface area contributed by atoms with Crippen LogP contribution in [-0.2, 0) is 7.05 Å². The Kier molecular flexibility index (Phi) is 3.83. The van der Waals surface area contributed by atoms with Crippen molar-refractivity contribution in [3.63, 3.8) is 0 Å². The zero-order chi connectivity index (χ0) is 13.1. The van der Waals surface area contributed by atoms with Gasteiger partial charge in [0.2, 0.25) is 0 Å². The molecule has 7 nitrogen and oxygen atoms in total. The molecular weight excluding hydrogens is 236 g/mol.